The Hall–Kier alpha value is -1.63. The first-order valence-electron chi connectivity index (χ1n) is 7.23. The number of hydrogen-bond acceptors (Lipinski definition) is 5. The van der Waals surface area contributed by atoms with E-state index in [0.717, 1.165) is 6.42 Å². The minimum atomic E-state index is -0.492. The number of hydrogen-bond donors (Lipinski definition) is 1. The largest absolute Gasteiger partial charge is 0.406 e. The van der Waals surface area contributed by atoms with E-state index in [1.54, 1.807) is 18.5 Å². The SMILES string of the molecule is Cc1nc([N+](=O)[O-])c(N2CC[C@H](C(C)(C)C)[C@H](O)C2)n1C. The van der Waals surface area contributed by atoms with Gasteiger partial charge in [-0.15, -0.1) is 0 Å². The minimum Gasteiger partial charge on any atom is -0.391 e. The Kier molecular flexibility index (Phi) is 3.97. The molecule has 1 fully saturated rings. The van der Waals surface area contributed by atoms with Crippen LogP contribution in [-0.2, 0) is 7.05 Å². The average molecular weight is 296 g/mol. The van der Waals surface area contributed by atoms with E-state index < -0.39 is 11.0 Å². The number of nitro groups is 1. The van der Waals surface area contributed by atoms with Gasteiger partial charge < -0.3 is 20.1 Å². The zero-order valence-corrected chi connectivity index (χ0v) is 13.3. The molecule has 1 aliphatic rings. The molecular formula is C14H24N4O3. The van der Waals surface area contributed by atoms with Gasteiger partial charge in [0.05, 0.1) is 6.10 Å². The van der Waals surface area contributed by atoms with Gasteiger partial charge in [-0.3, -0.25) is 4.57 Å². The second-order valence-electron chi connectivity index (χ2n) is 6.90. The highest BCUT2D eigenvalue weighted by molar-refractivity contribution is 5.56. The van der Waals surface area contributed by atoms with Gasteiger partial charge in [-0.2, -0.15) is 0 Å². The topological polar surface area (TPSA) is 84.4 Å². The first-order chi connectivity index (χ1) is 9.62. The summed E-state index contributed by atoms with van der Waals surface area (Å²) in [5.74, 6) is 1.16. The summed E-state index contributed by atoms with van der Waals surface area (Å²) in [7, 11) is 1.77. The highest BCUT2D eigenvalue weighted by atomic mass is 16.6. The molecule has 0 aliphatic carbocycles. The van der Waals surface area contributed by atoms with E-state index >= 15 is 0 Å². The maximum atomic E-state index is 11.2. The molecule has 0 saturated carbocycles. The number of aliphatic hydroxyl groups excluding tert-OH is 1. The standard InChI is InChI=1S/C14H24N4O3/c1-9-15-12(18(20)21)13(16(9)5)17-7-6-10(11(19)8-17)14(2,3)4/h10-11,19H,6-8H2,1-5H3/t10-,11+/m0/s1. The number of aliphatic hydroxyl groups is 1. The van der Waals surface area contributed by atoms with E-state index in [9.17, 15) is 15.2 Å². The second kappa shape index (κ2) is 5.29. The Morgan fingerprint density at radius 1 is 1.43 bits per heavy atom. The van der Waals surface area contributed by atoms with Gasteiger partial charge in [0.25, 0.3) is 0 Å². The molecule has 1 saturated heterocycles. The molecule has 118 valence electrons. The van der Waals surface area contributed by atoms with E-state index in [0.29, 0.717) is 24.7 Å². The maximum Gasteiger partial charge on any atom is 0.406 e. The van der Waals surface area contributed by atoms with E-state index in [4.69, 9.17) is 0 Å². The summed E-state index contributed by atoms with van der Waals surface area (Å²) in [4.78, 5) is 16.6. The Bertz CT molecular complexity index is 547. The second-order valence-corrected chi connectivity index (χ2v) is 6.90. The summed E-state index contributed by atoms with van der Waals surface area (Å²) in [5.41, 5.74) is 0.0276. The van der Waals surface area contributed by atoms with Crippen LogP contribution in [0.2, 0.25) is 0 Å². The fraction of sp³-hybridized carbons (Fsp3) is 0.786. The van der Waals surface area contributed by atoms with Crippen LogP contribution in [-0.4, -0.2) is 38.8 Å². The summed E-state index contributed by atoms with van der Waals surface area (Å²) < 4.78 is 1.72. The lowest BCUT2D eigenvalue weighted by Crippen LogP contribution is -2.48. The third kappa shape index (κ3) is 2.88. The van der Waals surface area contributed by atoms with Gasteiger partial charge in [0, 0.05) is 27.1 Å². The van der Waals surface area contributed by atoms with Crippen molar-refractivity contribution in [3.05, 3.63) is 15.9 Å². The minimum absolute atomic E-state index is 0.0276. The van der Waals surface area contributed by atoms with Gasteiger partial charge in [0.15, 0.2) is 0 Å². The van der Waals surface area contributed by atoms with E-state index in [1.165, 1.54) is 0 Å². The fourth-order valence-electron chi connectivity index (χ4n) is 3.19. The van der Waals surface area contributed by atoms with Gasteiger partial charge in [-0.05, 0) is 27.7 Å². The van der Waals surface area contributed by atoms with E-state index in [1.807, 2.05) is 4.90 Å². The molecule has 21 heavy (non-hydrogen) atoms. The van der Waals surface area contributed by atoms with Crippen molar-refractivity contribution in [3.63, 3.8) is 0 Å². The molecule has 2 heterocycles. The molecule has 7 heteroatoms. The zero-order valence-electron chi connectivity index (χ0n) is 13.3. The number of β-amino-alcohol motifs (C(OH)–C–C–N with tert-alkyl or cyclic N) is 1. The average Bonchev–Trinajstić information content (AvgIpc) is 2.64. The number of piperidine rings is 1. The molecular weight excluding hydrogens is 272 g/mol. The van der Waals surface area contributed by atoms with E-state index in [2.05, 4.69) is 25.8 Å². The van der Waals surface area contributed by atoms with Crippen LogP contribution in [0, 0.1) is 28.4 Å². The third-order valence-corrected chi connectivity index (χ3v) is 4.44. The Morgan fingerprint density at radius 3 is 2.52 bits per heavy atom. The van der Waals surface area contributed by atoms with Crippen molar-refractivity contribution in [2.24, 2.45) is 18.4 Å². The quantitative estimate of drug-likeness (QED) is 0.665. The van der Waals surface area contributed by atoms with Crippen molar-refractivity contribution < 1.29 is 10.0 Å². The molecule has 2 rings (SSSR count). The molecule has 0 bridgehead atoms. The third-order valence-electron chi connectivity index (χ3n) is 4.44. The molecule has 7 nitrogen and oxygen atoms in total. The molecule has 1 N–H and O–H groups in total. The molecule has 0 spiro atoms. The zero-order chi connectivity index (χ0) is 15.9. The van der Waals surface area contributed by atoms with Crippen LogP contribution in [0.5, 0.6) is 0 Å². The highest BCUT2D eigenvalue weighted by Crippen LogP contribution is 2.37. The molecule has 0 amide bonds. The smallest absolute Gasteiger partial charge is 0.391 e. The molecule has 1 aromatic rings. The van der Waals surface area contributed by atoms with Gasteiger partial charge in [-0.1, -0.05) is 20.8 Å². The predicted molar refractivity (Wildman–Crippen MR) is 80.4 cm³/mol. The summed E-state index contributed by atoms with van der Waals surface area (Å²) >= 11 is 0. The highest BCUT2D eigenvalue weighted by Gasteiger charge is 2.39. The summed E-state index contributed by atoms with van der Waals surface area (Å²) in [6, 6.07) is 0. The van der Waals surface area contributed by atoms with Gasteiger partial charge in [0.2, 0.25) is 11.6 Å². The first-order valence-corrected chi connectivity index (χ1v) is 7.23. The molecule has 0 radical (unpaired) electrons. The lowest BCUT2D eigenvalue weighted by molar-refractivity contribution is -0.388. The Labute approximate surface area is 124 Å². The molecule has 0 unspecified atom stereocenters. The van der Waals surface area contributed by atoms with Gasteiger partial charge >= 0.3 is 5.82 Å². The number of aryl methyl sites for hydroxylation is 1. The van der Waals surface area contributed by atoms with Crippen LogP contribution >= 0.6 is 0 Å². The predicted octanol–water partition coefficient (Wildman–Crippen LogP) is 1.87. The first kappa shape index (κ1) is 15.8. The monoisotopic (exact) mass is 296 g/mol. The number of anilines is 1. The molecule has 0 aromatic carbocycles. The Morgan fingerprint density at radius 2 is 2.05 bits per heavy atom. The van der Waals surface area contributed by atoms with E-state index in [-0.39, 0.29) is 17.2 Å². The fourth-order valence-corrected chi connectivity index (χ4v) is 3.19. The normalized spacial score (nSPS) is 23.4. The van der Waals surface area contributed by atoms with Crippen molar-refractivity contribution >= 4 is 11.6 Å². The lowest BCUT2D eigenvalue weighted by atomic mass is 9.74. The van der Waals surface area contributed by atoms with Crippen LogP contribution in [0.3, 0.4) is 0 Å². The van der Waals surface area contributed by atoms with Gasteiger partial charge in [0.1, 0.15) is 0 Å². The van der Waals surface area contributed by atoms with Crippen LogP contribution in [0.15, 0.2) is 0 Å². The van der Waals surface area contributed by atoms with Gasteiger partial charge in [-0.25, -0.2) is 0 Å². The number of nitrogens with zero attached hydrogens (tertiary/aromatic N) is 4. The summed E-state index contributed by atoms with van der Waals surface area (Å²) in [5, 5.41) is 21.6. The molecule has 2 atom stereocenters. The van der Waals surface area contributed by atoms with Crippen LogP contribution in [0.4, 0.5) is 11.6 Å². The number of aromatic nitrogens is 2. The number of rotatable bonds is 2. The maximum absolute atomic E-state index is 11.2. The van der Waals surface area contributed by atoms with Crippen molar-refractivity contribution in [1.29, 1.82) is 0 Å². The van der Waals surface area contributed by atoms with Crippen LogP contribution in [0.25, 0.3) is 0 Å². The number of imidazole rings is 1. The van der Waals surface area contributed by atoms with Crippen molar-refractivity contribution in [2.75, 3.05) is 18.0 Å². The molecule has 1 aromatic heterocycles. The summed E-state index contributed by atoms with van der Waals surface area (Å²) in [6.07, 6.45) is 0.319. The van der Waals surface area contributed by atoms with Crippen molar-refractivity contribution in [2.45, 2.75) is 40.2 Å². The summed E-state index contributed by atoms with van der Waals surface area (Å²) in [6.45, 7) is 9.20. The molecule has 1 aliphatic heterocycles. The lowest BCUT2D eigenvalue weighted by Gasteiger charge is -2.42. The Balaban J connectivity index is 2.28. The van der Waals surface area contributed by atoms with Crippen molar-refractivity contribution in [1.82, 2.24) is 9.55 Å². The van der Waals surface area contributed by atoms with Crippen molar-refractivity contribution in [3.8, 4) is 0 Å². The van der Waals surface area contributed by atoms with Crippen LogP contribution < -0.4 is 4.90 Å². The van der Waals surface area contributed by atoms with Crippen LogP contribution in [0.1, 0.15) is 33.0 Å².